The predicted octanol–water partition coefficient (Wildman–Crippen LogP) is 4.03. The number of hydrogen-bond donors (Lipinski definition) is 1. The molecule has 0 saturated heterocycles. The summed E-state index contributed by atoms with van der Waals surface area (Å²) in [6.45, 7) is 8.79. The van der Waals surface area contributed by atoms with Gasteiger partial charge in [0.2, 0.25) is 10.0 Å². The van der Waals surface area contributed by atoms with E-state index in [4.69, 9.17) is 0 Å². The monoisotopic (exact) mass is 446 g/mol. The van der Waals surface area contributed by atoms with E-state index in [1.54, 1.807) is 24.3 Å². The molecule has 0 aliphatic rings. The smallest absolute Gasteiger partial charge is 0.337 e. The molecule has 2 aromatic carbocycles. The predicted molar refractivity (Wildman–Crippen MR) is 121 cm³/mol. The molecule has 7 nitrogen and oxygen atoms in total. The number of rotatable bonds is 9. The highest BCUT2D eigenvalue weighted by molar-refractivity contribution is 7.89. The number of esters is 1. The Morgan fingerprint density at radius 3 is 1.81 bits per heavy atom. The number of anilines is 1. The molecule has 0 spiro atoms. The molecule has 0 aliphatic heterocycles. The van der Waals surface area contributed by atoms with Crippen LogP contribution in [0.5, 0.6) is 0 Å². The van der Waals surface area contributed by atoms with E-state index in [0.29, 0.717) is 29.9 Å². The Bertz CT molecular complexity index is 987. The van der Waals surface area contributed by atoms with E-state index in [-0.39, 0.29) is 22.6 Å². The standard InChI is InChI=1S/C23H30N2O5S/c1-16(2)14-25(15-17(3)4)31(28,29)21-12-8-18(9-13-21)22(26)24-20-10-6-19(7-11-20)23(27)30-5/h6-13,16-17H,14-15H2,1-5H3,(H,24,26). The summed E-state index contributed by atoms with van der Waals surface area (Å²) in [7, 11) is -2.35. The molecule has 0 fully saturated rings. The molecule has 2 aromatic rings. The third kappa shape index (κ3) is 6.63. The fraction of sp³-hybridized carbons (Fsp3) is 0.391. The zero-order valence-corrected chi connectivity index (χ0v) is 19.4. The first-order valence-corrected chi connectivity index (χ1v) is 11.6. The van der Waals surface area contributed by atoms with Gasteiger partial charge in [0.05, 0.1) is 17.6 Å². The Balaban J connectivity index is 2.15. The average molecular weight is 447 g/mol. The van der Waals surface area contributed by atoms with Gasteiger partial charge in [-0.3, -0.25) is 4.79 Å². The van der Waals surface area contributed by atoms with Gasteiger partial charge in [0.1, 0.15) is 0 Å². The van der Waals surface area contributed by atoms with Crippen LogP contribution in [0.25, 0.3) is 0 Å². The number of nitrogens with zero attached hydrogens (tertiary/aromatic N) is 1. The third-order valence-corrected chi connectivity index (χ3v) is 6.30. The summed E-state index contributed by atoms with van der Waals surface area (Å²) in [6, 6.07) is 12.2. The summed E-state index contributed by atoms with van der Waals surface area (Å²) >= 11 is 0. The van der Waals surface area contributed by atoms with Gasteiger partial charge in [-0.15, -0.1) is 0 Å². The Hall–Kier alpha value is -2.71. The molecule has 1 N–H and O–H groups in total. The molecule has 31 heavy (non-hydrogen) atoms. The van der Waals surface area contributed by atoms with Crippen LogP contribution in [-0.4, -0.2) is 44.8 Å². The Labute approximate surface area is 184 Å². The summed E-state index contributed by atoms with van der Waals surface area (Å²) in [5.41, 5.74) is 1.21. The number of benzene rings is 2. The van der Waals surface area contributed by atoms with Gasteiger partial charge in [-0.1, -0.05) is 27.7 Å². The van der Waals surface area contributed by atoms with Crippen LogP contribution in [-0.2, 0) is 14.8 Å². The number of ether oxygens (including phenoxy) is 1. The molecule has 0 unspecified atom stereocenters. The van der Waals surface area contributed by atoms with Crippen LogP contribution in [0.15, 0.2) is 53.4 Å². The van der Waals surface area contributed by atoms with Crippen molar-refractivity contribution in [2.24, 2.45) is 11.8 Å². The molecule has 0 radical (unpaired) electrons. The van der Waals surface area contributed by atoms with Gasteiger partial charge in [-0.05, 0) is 60.4 Å². The van der Waals surface area contributed by atoms with Crippen LogP contribution in [0.2, 0.25) is 0 Å². The minimum atomic E-state index is -3.65. The van der Waals surface area contributed by atoms with Crippen LogP contribution in [0, 0.1) is 11.8 Å². The Morgan fingerprint density at radius 1 is 0.871 bits per heavy atom. The van der Waals surface area contributed by atoms with Gasteiger partial charge in [0.15, 0.2) is 0 Å². The molecule has 0 heterocycles. The van der Waals surface area contributed by atoms with Gasteiger partial charge >= 0.3 is 5.97 Å². The summed E-state index contributed by atoms with van der Waals surface area (Å²) in [5.74, 6) is -0.442. The molecule has 2 rings (SSSR count). The minimum absolute atomic E-state index is 0.160. The van der Waals surface area contributed by atoms with Gasteiger partial charge < -0.3 is 10.1 Å². The van der Waals surface area contributed by atoms with Crippen molar-refractivity contribution in [1.82, 2.24) is 4.31 Å². The highest BCUT2D eigenvalue weighted by Crippen LogP contribution is 2.20. The fourth-order valence-electron chi connectivity index (χ4n) is 3.02. The van der Waals surface area contributed by atoms with Crippen molar-refractivity contribution in [3.05, 3.63) is 59.7 Å². The molecule has 0 aliphatic carbocycles. The molecular formula is C23H30N2O5S. The first kappa shape index (κ1) is 24.6. The number of carbonyl (C=O) groups excluding carboxylic acids is 2. The maximum Gasteiger partial charge on any atom is 0.337 e. The first-order chi connectivity index (χ1) is 14.5. The number of nitrogens with one attached hydrogen (secondary N) is 1. The first-order valence-electron chi connectivity index (χ1n) is 10.1. The van der Waals surface area contributed by atoms with E-state index >= 15 is 0 Å². The average Bonchev–Trinajstić information content (AvgIpc) is 2.72. The second-order valence-electron chi connectivity index (χ2n) is 8.16. The largest absolute Gasteiger partial charge is 0.465 e. The lowest BCUT2D eigenvalue weighted by atomic mass is 10.2. The summed E-state index contributed by atoms with van der Waals surface area (Å²) in [6.07, 6.45) is 0. The number of carbonyl (C=O) groups is 2. The zero-order valence-electron chi connectivity index (χ0n) is 18.6. The van der Waals surface area contributed by atoms with Crippen LogP contribution < -0.4 is 5.32 Å². The highest BCUT2D eigenvalue weighted by Gasteiger charge is 2.26. The quantitative estimate of drug-likeness (QED) is 0.587. The van der Waals surface area contributed by atoms with Crippen LogP contribution >= 0.6 is 0 Å². The van der Waals surface area contributed by atoms with Crippen molar-refractivity contribution < 1.29 is 22.7 Å². The third-order valence-electron chi connectivity index (χ3n) is 4.46. The lowest BCUT2D eigenvalue weighted by Gasteiger charge is -2.25. The van der Waals surface area contributed by atoms with Gasteiger partial charge in [0, 0.05) is 24.3 Å². The van der Waals surface area contributed by atoms with Crippen LogP contribution in [0.3, 0.4) is 0 Å². The number of hydrogen-bond acceptors (Lipinski definition) is 5. The molecular weight excluding hydrogens is 416 g/mol. The Morgan fingerprint density at radius 2 is 1.35 bits per heavy atom. The van der Waals surface area contributed by atoms with Crippen molar-refractivity contribution in [2.45, 2.75) is 32.6 Å². The molecule has 0 bridgehead atoms. The van der Waals surface area contributed by atoms with E-state index in [0.717, 1.165) is 0 Å². The lowest BCUT2D eigenvalue weighted by molar-refractivity contribution is 0.0600. The van der Waals surface area contributed by atoms with Crippen LogP contribution in [0.1, 0.15) is 48.4 Å². The van der Waals surface area contributed by atoms with Crippen molar-refractivity contribution in [3.8, 4) is 0 Å². The van der Waals surface area contributed by atoms with E-state index in [9.17, 15) is 18.0 Å². The molecule has 1 amide bonds. The summed E-state index contributed by atoms with van der Waals surface area (Å²) in [4.78, 5) is 24.2. The van der Waals surface area contributed by atoms with Gasteiger partial charge in [-0.25, -0.2) is 13.2 Å². The topological polar surface area (TPSA) is 92.8 Å². The maximum absolute atomic E-state index is 13.1. The van der Waals surface area contributed by atoms with Crippen molar-refractivity contribution in [1.29, 1.82) is 0 Å². The van der Waals surface area contributed by atoms with Crippen molar-refractivity contribution >= 4 is 27.6 Å². The van der Waals surface area contributed by atoms with Gasteiger partial charge in [-0.2, -0.15) is 4.31 Å². The lowest BCUT2D eigenvalue weighted by Crippen LogP contribution is -2.37. The minimum Gasteiger partial charge on any atom is -0.465 e. The zero-order chi connectivity index (χ0) is 23.2. The number of amides is 1. The number of methoxy groups -OCH3 is 1. The fourth-order valence-corrected chi connectivity index (χ4v) is 4.79. The maximum atomic E-state index is 13.1. The molecule has 0 atom stereocenters. The van der Waals surface area contributed by atoms with Crippen LogP contribution in [0.4, 0.5) is 5.69 Å². The van der Waals surface area contributed by atoms with E-state index in [1.807, 2.05) is 27.7 Å². The van der Waals surface area contributed by atoms with E-state index in [1.165, 1.54) is 35.7 Å². The molecule has 8 heteroatoms. The highest BCUT2D eigenvalue weighted by atomic mass is 32.2. The van der Waals surface area contributed by atoms with Crippen molar-refractivity contribution in [3.63, 3.8) is 0 Å². The second kappa shape index (κ2) is 10.5. The molecule has 168 valence electrons. The van der Waals surface area contributed by atoms with Gasteiger partial charge in [0.25, 0.3) is 5.91 Å². The molecule has 0 aromatic heterocycles. The Kier molecular flexibility index (Phi) is 8.36. The van der Waals surface area contributed by atoms with E-state index < -0.39 is 16.0 Å². The van der Waals surface area contributed by atoms with E-state index in [2.05, 4.69) is 10.1 Å². The normalized spacial score (nSPS) is 11.7. The number of sulfonamides is 1. The second-order valence-corrected chi connectivity index (χ2v) is 10.1. The van der Waals surface area contributed by atoms with Crippen molar-refractivity contribution in [2.75, 3.05) is 25.5 Å². The SMILES string of the molecule is COC(=O)c1ccc(NC(=O)c2ccc(S(=O)(=O)N(CC(C)C)CC(C)C)cc2)cc1. The summed E-state index contributed by atoms with van der Waals surface area (Å²) < 4.78 is 32.3. The summed E-state index contributed by atoms with van der Waals surface area (Å²) in [5, 5.41) is 2.72. The molecule has 0 saturated carbocycles.